The molecule has 1 heteroatoms. The fourth-order valence-electron chi connectivity index (χ4n) is 12.8. The van der Waals surface area contributed by atoms with Gasteiger partial charge >= 0.3 is 0 Å². The summed E-state index contributed by atoms with van der Waals surface area (Å²) in [5, 5.41) is 2.41. The standard InChI is InChI=1S/C71H55N/c1-69(2)63-37-21-19-34-61(63)67-59(35-22-38-64(67)69)56-31-16-17-33-60(56)68-55-30-15-14-23-48(55)39-46-66(68)72(54-44-45-58-57-32-18-20-36-62(57)70(3,4)65(58)47-54)53-42-40-52(41-43-53)71(49-24-8-5-9-25-49,50-26-10-6-11-27-50)51-28-12-7-13-29-51/h5-47H,1-4H3. The highest BCUT2D eigenvalue weighted by Gasteiger charge is 2.40. The Labute approximate surface area is 424 Å². The maximum atomic E-state index is 2.53. The van der Waals surface area contributed by atoms with E-state index >= 15 is 0 Å². The van der Waals surface area contributed by atoms with Gasteiger partial charge in [0.2, 0.25) is 0 Å². The number of nitrogens with zero attached hydrogens (tertiary/aromatic N) is 1. The van der Waals surface area contributed by atoms with Crippen molar-refractivity contribution in [3.05, 3.63) is 305 Å². The quantitative estimate of drug-likeness (QED) is 0.130. The van der Waals surface area contributed by atoms with Crippen molar-refractivity contribution in [2.24, 2.45) is 0 Å². The van der Waals surface area contributed by atoms with E-state index in [1.54, 1.807) is 0 Å². The average molecular weight is 922 g/mol. The van der Waals surface area contributed by atoms with Crippen LogP contribution in [0.15, 0.2) is 261 Å². The van der Waals surface area contributed by atoms with Crippen LogP contribution in [0.1, 0.15) is 72.2 Å². The molecule has 0 radical (unpaired) electrons. The van der Waals surface area contributed by atoms with Crippen molar-refractivity contribution >= 4 is 27.8 Å². The Kier molecular flexibility index (Phi) is 10.2. The van der Waals surface area contributed by atoms with Crippen molar-refractivity contribution in [2.45, 2.75) is 43.9 Å². The van der Waals surface area contributed by atoms with Crippen molar-refractivity contribution in [3.63, 3.8) is 0 Å². The van der Waals surface area contributed by atoms with E-state index in [0.717, 1.165) is 17.1 Å². The molecule has 13 rings (SSSR count). The van der Waals surface area contributed by atoms with E-state index in [-0.39, 0.29) is 10.8 Å². The SMILES string of the molecule is CC1(C)c2ccccc2-c2ccc(N(c3ccc(C(c4ccccc4)(c4ccccc4)c4ccccc4)cc3)c3ccc4ccccc4c3-c3ccccc3-c3cccc4c3-c3ccccc3C4(C)C)cc21. The van der Waals surface area contributed by atoms with Crippen molar-refractivity contribution in [1.29, 1.82) is 0 Å². The van der Waals surface area contributed by atoms with E-state index in [0.29, 0.717) is 0 Å². The van der Waals surface area contributed by atoms with Crippen LogP contribution in [0.3, 0.4) is 0 Å². The lowest BCUT2D eigenvalue weighted by Crippen LogP contribution is -2.31. The third kappa shape index (κ3) is 6.54. The summed E-state index contributed by atoms with van der Waals surface area (Å²) in [5.74, 6) is 0. The molecule has 11 aromatic carbocycles. The summed E-state index contributed by atoms with van der Waals surface area (Å²) in [7, 11) is 0. The molecule has 72 heavy (non-hydrogen) atoms. The van der Waals surface area contributed by atoms with Gasteiger partial charge in [0.25, 0.3) is 0 Å². The predicted octanol–water partition coefficient (Wildman–Crippen LogP) is 18.6. The maximum Gasteiger partial charge on any atom is 0.0701 e. The Bertz CT molecular complexity index is 3750. The summed E-state index contributed by atoms with van der Waals surface area (Å²) in [6.45, 7) is 9.51. The summed E-state index contributed by atoms with van der Waals surface area (Å²) in [6.07, 6.45) is 0. The molecule has 0 aliphatic heterocycles. The average Bonchev–Trinajstić information content (AvgIpc) is 3.81. The number of anilines is 3. The molecule has 0 fully saturated rings. The maximum absolute atomic E-state index is 2.53. The summed E-state index contributed by atoms with van der Waals surface area (Å²) >= 11 is 0. The van der Waals surface area contributed by atoms with Crippen LogP contribution in [0.2, 0.25) is 0 Å². The van der Waals surface area contributed by atoms with E-state index < -0.39 is 5.41 Å². The lowest BCUT2D eigenvalue weighted by molar-refractivity contribution is 0.660. The second kappa shape index (κ2) is 16.8. The molecule has 0 amide bonds. The molecule has 0 spiro atoms. The molecule has 0 atom stereocenters. The van der Waals surface area contributed by atoms with Crippen LogP contribution in [-0.4, -0.2) is 0 Å². The highest BCUT2D eigenvalue weighted by molar-refractivity contribution is 6.09. The zero-order chi connectivity index (χ0) is 48.6. The second-order valence-corrected chi connectivity index (χ2v) is 20.8. The minimum atomic E-state index is -0.577. The van der Waals surface area contributed by atoms with Crippen molar-refractivity contribution in [3.8, 4) is 44.5 Å². The molecular weight excluding hydrogens is 867 g/mol. The fraction of sp³-hybridized carbons (Fsp3) is 0.0986. The molecule has 2 aliphatic rings. The molecule has 1 nitrogen and oxygen atoms in total. The van der Waals surface area contributed by atoms with Gasteiger partial charge in [-0.2, -0.15) is 0 Å². The third-order valence-electron chi connectivity index (χ3n) is 16.2. The van der Waals surface area contributed by atoms with E-state index in [4.69, 9.17) is 0 Å². The molecule has 0 N–H and O–H groups in total. The number of rotatable bonds is 9. The smallest absolute Gasteiger partial charge is 0.0701 e. The Morgan fingerprint density at radius 2 is 0.750 bits per heavy atom. The van der Waals surface area contributed by atoms with Gasteiger partial charge in [-0.05, 0) is 125 Å². The third-order valence-corrected chi connectivity index (χ3v) is 16.2. The van der Waals surface area contributed by atoms with Crippen LogP contribution < -0.4 is 4.90 Å². The highest BCUT2D eigenvalue weighted by Crippen LogP contribution is 2.56. The molecule has 344 valence electrons. The van der Waals surface area contributed by atoms with Gasteiger partial charge in [-0.1, -0.05) is 258 Å². The lowest BCUT2D eigenvalue weighted by atomic mass is 9.65. The van der Waals surface area contributed by atoms with Crippen LogP contribution >= 0.6 is 0 Å². The van der Waals surface area contributed by atoms with Crippen LogP contribution in [0.25, 0.3) is 55.3 Å². The second-order valence-electron chi connectivity index (χ2n) is 20.8. The Morgan fingerprint density at radius 3 is 1.40 bits per heavy atom. The monoisotopic (exact) mass is 921 g/mol. The summed E-state index contributed by atoms with van der Waals surface area (Å²) in [4.78, 5) is 2.53. The zero-order valence-electron chi connectivity index (χ0n) is 41.3. The highest BCUT2D eigenvalue weighted by atomic mass is 15.1. The van der Waals surface area contributed by atoms with Gasteiger partial charge in [-0.15, -0.1) is 0 Å². The van der Waals surface area contributed by atoms with Crippen LogP contribution in [0.4, 0.5) is 17.1 Å². The number of hydrogen-bond acceptors (Lipinski definition) is 1. The first-order valence-electron chi connectivity index (χ1n) is 25.4. The minimum absolute atomic E-state index is 0.120. The van der Waals surface area contributed by atoms with Gasteiger partial charge in [0.05, 0.1) is 11.1 Å². The Balaban J connectivity index is 1.07. The van der Waals surface area contributed by atoms with Crippen molar-refractivity contribution < 1.29 is 0 Å². The molecule has 0 saturated heterocycles. The molecule has 0 saturated carbocycles. The van der Waals surface area contributed by atoms with Gasteiger partial charge in [-0.3, -0.25) is 0 Å². The number of fused-ring (bicyclic) bond motifs is 7. The molecule has 0 unspecified atom stereocenters. The van der Waals surface area contributed by atoms with E-state index in [1.165, 1.54) is 99.8 Å². The molecule has 0 heterocycles. The first-order chi connectivity index (χ1) is 35.3. The first kappa shape index (κ1) is 43.5. The van der Waals surface area contributed by atoms with Gasteiger partial charge in [0, 0.05) is 27.8 Å². The minimum Gasteiger partial charge on any atom is -0.310 e. The topological polar surface area (TPSA) is 3.24 Å². The van der Waals surface area contributed by atoms with Gasteiger partial charge < -0.3 is 4.90 Å². The predicted molar refractivity (Wildman–Crippen MR) is 303 cm³/mol. The number of benzene rings is 11. The molecule has 0 bridgehead atoms. The van der Waals surface area contributed by atoms with E-state index in [2.05, 4.69) is 293 Å². The van der Waals surface area contributed by atoms with E-state index in [9.17, 15) is 0 Å². The van der Waals surface area contributed by atoms with Crippen molar-refractivity contribution in [2.75, 3.05) is 4.90 Å². The Hall–Kier alpha value is -8.52. The molecule has 11 aromatic rings. The number of hydrogen-bond donors (Lipinski definition) is 0. The summed E-state index contributed by atoms with van der Waals surface area (Å²) in [5.41, 5.74) is 22.9. The molecular formula is C71H55N. The Morgan fingerprint density at radius 1 is 0.292 bits per heavy atom. The first-order valence-corrected chi connectivity index (χ1v) is 25.4. The lowest BCUT2D eigenvalue weighted by Gasteiger charge is -2.37. The van der Waals surface area contributed by atoms with Gasteiger partial charge in [-0.25, -0.2) is 0 Å². The molecule has 2 aliphatic carbocycles. The van der Waals surface area contributed by atoms with Crippen molar-refractivity contribution in [1.82, 2.24) is 0 Å². The normalized spacial score (nSPS) is 13.8. The fourth-order valence-corrected chi connectivity index (χ4v) is 12.8. The largest absolute Gasteiger partial charge is 0.310 e. The van der Waals surface area contributed by atoms with Gasteiger partial charge in [0.15, 0.2) is 0 Å². The molecule has 0 aromatic heterocycles. The summed E-state index contributed by atoms with van der Waals surface area (Å²) in [6, 6.07) is 97.4. The van der Waals surface area contributed by atoms with Crippen LogP contribution in [0, 0.1) is 0 Å². The van der Waals surface area contributed by atoms with E-state index in [1.807, 2.05) is 0 Å². The van der Waals surface area contributed by atoms with Crippen LogP contribution in [0.5, 0.6) is 0 Å². The van der Waals surface area contributed by atoms with Gasteiger partial charge in [0.1, 0.15) is 0 Å². The van der Waals surface area contributed by atoms with Crippen LogP contribution in [-0.2, 0) is 16.2 Å². The zero-order valence-corrected chi connectivity index (χ0v) is 41.3. The summed E-state index contributed by atoms with van der Waals surface area (Å²) < 4.78 is 0.